The molecule has 1 aromatic rings. The van der Waals surface area contributed by atoms with Crippen molar-refractivity contribution in [2.75, 3.05) is 6.54 Å². The van der Waals surface area contributed by atoms with Gasteiger partial charge in [-0.05, 0) is 24.0 Å². The number of nitrogens with one attached hydrogen (secondary N) is 2. The Labute approximate surface area is 142 Å². The highest BCUT2D eigenvalue weighted by molar-refractivity contribution is 6.00. The molecule has 1 fully saturated rings. The molecule has 2 rings (SSSR count). The zero-order valence-electron chi connectivity index (χ0n) is 13.8. The number of carbonyl (C=O) groups is 2. The van der Waals surface area contributed by atoms with Crippen molar-refractivity contribution in [3.63, 3.8) is 0 Å². The van der Waals surface area contributed by atoms with E-state index in [2.05, 4.69) is 15.6 Å². The molecule has 2 amide bonds. The standard InChI is InChI=1S/C18H24N4O2/c19-8-10-21-17(23)16(11-14-5-2-1-3-6-14)18(24)22-13-15-7-4-9-20-12-15/h4,7,9,12,14,16H,1-3,5-6,10-11,13H2,(H,21,23)(H,22,24). The number of aromatic nitrogens is 1. The lowest BCUT2D eigenvalue weighted by molar-refractivity contribution is -0.136. The highest BCUT2D eigenvalue weighted by Crippen LogP contribution is 2.29. The lowest BCUT2D eigenvalue weighted by Crippen LogP contribution is -2.42. The van der Waals surface area contributed by atoms with Crippen molar-refractivity contribution >= 4 is 11.8 Å². The van der Waals surface area contributed by atoms with E-state index in [1.165, 1.54) is 6.42 Å². The molecule has 0 aromatic carbocycles. The molecule has 1 aliphatic carbocycles. The minimum atomic E-state index is -0.738. The second-order valence-electron chi connectivity index (χ2n) is 6.25. The first-order valence-electron chi connectivity index (χ1n) is 8.52. The molecular weight excluding hydrogens is 304 g/mol. The number of hydrogen-bond donors (Lipinski definition) is 2. The lowest BCUT2D eigenvalue weighted by Gasteiger charge is -2.25. The molecule has 1 aromatic heterocycles. The van der Waals surface area contributed by atoms with Gasteiger partial charge in [-0.25, -0.2) is 0 Å². The highest BCUT2D eigenvalue weighted by Gasteiger charge is 2.30. The van der Waals surface area contributed by atoms with E-state index >= 15 is 0 Å². The number of nitriles is 1. The van der Waals surface area contributed by atoms with Crippen LogP contribution in [0.25, 0.3) is 0 Å². The van der Waals surface area contributed by atoms with E-state index in [0.29, 0.717) is 18.9 Å². The summed E-state index contributed by atoms with van der Waals surface area (Å²) >= 11 is 0. The van der Waals surface area contributed by atoms with Crippen LogP contribution in [-0.4, -0.2) is 23.3 Å². The van der Waals surface area contributed by atoms with E-state index in [-0.39, 0.29) is 18.4 Å². The fourth-order valence-electron chi connectivity index (χ4n) is 3.15. The fourth-order valence-corrected chi connectivity index (χ4v) is 3.15. The predicted octanol–water partition coefficient (Wildman–Crippen LogP) is 1.92. The molecule has 0 radical (unpaired) electrons. The number of carbonyl (C=O) groups excluding carboxylic acids is 2. The third-order valence-corrected chi connectivity index (χ3v) is 4.46. The lowest BCUT2D eigenvalue weighted by atomic mass is 9.82. The van der Waals surface area contributed by atoms with Gasteiger partial charge >= 0.3 is 0 Å². The minimum Gasteiger partial charge on any atom is -0.351 e. The summed E-state index contributed by atoms with van der Waals surface area (Å²) in [5.41, 5.74) is 0.889. The van der Waals surface area contributed by atoms with E-state index in [1.807, 2.05) is 12.1 Å². The molecule has 1 atom stereocenters. The first kappa shape index (κ1) is 17.9. The molecule has 1 heterocycles. The van der Waals surface area contributed by atoms with Crippen LogP contribution in [0, 0.1) is 23.2 Å². The second-order valence-corrected chi connectivity index (χ2v) is 6.25. The van der Waals surface area contributed by atoms with Gasteiger partial charge in [-0.1, -0.05) is 38.2 Å². The zero-order valence-corrected chi connectivity index (χ0v) is 13.8. The summed E-state index contributed by atoms with van der Waals surface area (Å²) in [7, 11) is 0. The van der Waals surface area contributed by atoms with Crippen LogP contribution < -0.4 is 10.6 Å². The monoisotopic (exact) mass is 328 g/mol. The molecule has 0 saturated heterocycles. The Morgan fingerprint density at radius 3 is 2.67 bits per heavy atom. The zero-order chi connectivity index (χ0) is 17.2. The molecule has 6 nitrogen and oxygen atoms in total. The summed E-state index contributed by atoms with van der Waals surface area (Å²) in [6.07, 6.45) is 9.60. The van der Waals surface area contributed by atoms with Crippen LogP contribution in [0.4, 0.5) is 0 Å². The number of hydrogen-bond acceptors (Lipinski definition) is 4. The van der Waals surface area contributed by atoms with Crippen molar-refractivity contribution in [1.82, 2.24) is 15.6 Å². The van der Waals surface area contributed by atoms with E-state index in [4.69, 9.17) is 5.26 Å². The molecule has 1 aliphatic rings. The van der Waals surface area contributed by atoms with Gasteiger partial charge in [0.15, 0.2) is 0 Å². The predicted molar refractivity (Wildman–Crippen MR) is 89.4 cm³/mol. The van der Waals surface area contributed by atoms with Crippen molar-refractivity contribution in [2.24, 2.45) is 11.8 Å². The minimum absolute atomic E-state index is 0.0735. The van der Waals surface area contributed by atoms with Crippen LogP contribution in [-0.2, 0) is 16.1 Å². The van der Waals surface area contributed by atoms with Crippen LogP contribution in [0.1, 0.15) is 44.1 Å². The number of rotatable bonds is 7. The van der Waals surface area contributed by atoms with E-state index in [9.17, 15) is 9.59 Å². The third-order valence-electron chi connectivity index (χ3n) is 4.46. The number of pyridine rings is 1. The summed E-state index contributed by atoms with van der Waals surface area (Å²) in [4.78, 5) is 28.8. The SMILES string of the molecule is N#CCNC(=O)C(CC1CCCCC1)C(=O)NCc1cccnc1. The maximum atomic E-state index is 12.5. The third kappa shape index (κ3) is 5.65. The van der Waals surface area contributed by atoms with E-state index < -0.39 is 5.92 Å². The van der Waals surface area contributed by atoms with Gasteiger partial charge in [0.05, 0.1) is 6.07 Å². The molecule has 0 bridgehead atoms. The van der Waals surface area contributed by atoms with Gasteiger partial charge in [0, 0.05) is 18.9 Å². The number of nitrogens with zero attached hydrogens (tertiary/aromatic N) is 2. The van der Waals surface area contributed by atoms with Crippen molar-refractivity contribution in [2.45, 2.75) is 45.1 Å². The molecule has 128 valence electrons. The van der Waals surface area contributed by atoms with Gasteiger partial charge in [0.2, 0.25) is 11.8 Å². The fraction of sp³-hybridized carbons (Fsp3) is 0.556. The quantitative estimate of drug-likeness (QED) is 0.590. The summed E-state index contributed by atoms with van der Waals surface area (Å²) in [5, 5.41) is 14.0. The Morgan fingerprint density at radius 1 is 1.25 bits per heavy atom. The average molecular weight is 328 g/mol. The van der Waals surface area contributed by atoms with Crippen LogP contribution in [0.15, 0.2) is 24.5 Å². The molecule has 0 aliphatic heterocycles. The van der Waals surface area contributed by atoms with E-state index in [0.717, 1.165) is 31.2 Å². The van der Waals surface area contributed by atoms with Gasteiger partial charge in [-0.2, -0.15) is 5.26 Å². The summed E-state index contributed by atoms with van der Waals surface area (Å²) in [6.45, 7) is 0.273. The molecule has 1 saturated carbocycles. The first-order valence-corrected chi connectivity index (χ1v) is 8.52. The van der Waals surface area contributed by atoms with Crippen molar-refractivity contribution in [1.29, 1.82) is 5.26 Å². The van der Waals surface area contributed by atoms with Crippen LogP contribution >= 0.6 is 0 Å². The van der Waals surface area contributed by atoms with Gasteiger partial charge < -0.3 is 10.6 Å². The van der Waals surface area contributed by atoms with Crippen molar-refractivity contribution < 1.29 is 9.59 Å². The van der Waals surface area contributed by atoms with Gasteiger partial charge in [0.25, 0.3) is 0 Å². The highest BCUT2D eigenvalue weighted by atomic mass is 16.2. The Hall–Kier alpha value is -2.42. The molecular formula is C18H24N4O2. The first-order chi connectivity index (χ1) is 11.7. The maximum absolute atomic E-state index is 12.5. The molecule has 0 spiro atoms. The molecule has 6 heteroatoms. The van der Waals surface area contributed by atoms with Crippen LogP contribution in [0.3, 0.4) is 0 Å². The van der Waals surface area contributed by atoms with Gasteiger partial charge in [-0.3, -0.25) is 14.6 Å². The summed E-state index contributed by atoms with van der Waals surface area (Å²) in [6, 6.07) is 5.56. The van der Waals surface area contributed by atoms with Crippen LogP contribution in [0.2, 0.25) is 0 Å². The average Bonchev–Trinajstić information content (AvgIpc) is 2.64. The normalized spacial score (nSPS) is 16.0. The molecule has 1 unspecified atom stereocenters. The van der Waals surface area contributed by atoms with E-state index in [1.54, 1.807) is 18.5 Å². The Kier molecular flexibility index (Phi) is 7.21. The Balaban J connectivity index is 1.95. The number of amides is 2. The van der Waals surface area contributed by atoms with Gasteiger partial charge in [-0.15, -0.1) is 0 Å². The molecule has 24 heavy (non-hydrogen) atoms. The van der Waals surface area contributed by atoms with Crippen molar-refractivity contribution in [3.05, 3.63) is 30.1 Å². The van der Waals surface area contributed by atoms with Crippen molar-refractivity contribution in [3.8, 4) is 6.07 Å². The van der Waals surface area contributed by atoms with Crippen LogP contribution in [0.5, 0.6) is 0 Å². The Bertz CT molecular complexity index is 576. The topological polar surface area (TPSA) is 94.9 Å². The smallest absolute Gasteiger partial charge is 0.233 e. The Morgan fingerprint density at radius 2 is 2.00 bits per heavy atom. The summed E-state index contributed by atoms with van der Waals surface area (Å²) in [5.74, 6) is -0.968. The summed E-state index contributed by atoms with van der Waals surface area (Å²) < 4.78 is 0. The maximum Gasteiger partial charge on any atom is 0.233 e. The molecule has 2 N–H and O–H groups in total. The van der Waals surface area contributed by atoms with Gasteiger partial charge in [0.1, 0.15) is 12.5 Å². The largest absolute Gasteiger partial charge is 0.351 e. The second kappa shape index (κ2) is 9.66.